The summed E-state index contributed by atoms with van der Waals surface area (Å²) in [6, 6.07) is 6.05. The number of ether oxygens (including phenoxy) is 3. The average Bonchev–Trinajstić information content (AvgIpc) is 3.17. The summed E-state index contributed by atoms with van der Waals surface area (Å²) < 4.78 is 44.1. The van der Waals surface area contributed by atoms with Crippen molar-refractivity contribution < 1.29 is 28.1 Å². The quantitative estimate of drug-likeness (QED) is 0.549. The highest BCUT2D eigenvalue weighted by Crippen LogP contribution is 2.32. The van der Waals surface area contributed by atoms with Gasteiger partial charge in [-0.3, -0.25) is 14.7 Å². The van der Waals surface area contributed by atoms with Gasteiger partial charge < -0.3 is 19.3 Å². The molecule has 9 heteroatoms. The van der Waals surface area contributed by atoms with Crippen molar-refractivity contribution in [1.82, 2.24) is 14.7 Å². The Balaban J connectivity index is 1.27. The van der Waals surface area contributed by atoms with Gasteiger partial charge >= 0.3 is 0 Å². The third-order valence-electron chi connectivity index (χ3n) is 7.00. The Bertz CT molecular complexity index is 783. The summed E-state index contributed by atoms with van der Waals surface area (Å²) in [5.74, 6) is -1.07. The van der Waals surface area contributed by atoms with Crippen LogP contribution in [0.5, 0.6) is 11.5 Å². The molecule has 0 spiro atoms. The van der Waals surface area contributed by atoms with Crippen LogP contribution in [-0.2, 0) is 11.3 Å². The Hall–Kier alpha value is -1.52. The van der Waals surface area contributed by atoms with Crippen LogP contribution in [0.25, 0.3) is 0 Å². The van der Waals surface area contributed by atoms with Gasteiger partial charge in [-0.1, -0.05) is 6.07 Å². The maximum atomic E-state index is 13.4. The Morgan fingerprint density at radius 1 is 0.941 bits per heavy atom. The molecule has 1 aromatic rings. The zero-order valence-electron chi connectivity index (χ0n) is 20.3. The zero-order chi connectivity index (χ0) is 24.0. The zero-order valence-corrected chi connectivity index (χ0v) is 20.3. The maximum absolute atomic E-state index is 13.4. The van der Waals surface area contributed by atoms with E-state index in [-0.39, 0.29) is 12.8 Å². The first-order chi connectivity index (χ1) is 16.3. The van der Waals surface area contributed by atoms with E-state index in [9.17, 15) is 13.9 Å². The van der Waals surface area contributed by atoms with Crippen molar-refractivity contribution in [2.75, 3.05) is 78.8 Å². The van der Waals surface area contributed by atoms with Crippen LogP contribution >= 0.6 is 0 Å². The number of likely N-dealkylation sites (tertiary alicyclic amines) is 2. The highest BCUT2D eigenvalue weighted by molar-refractivity contribution is 5.43. The van der Waals surface area contributed by atoms with Crippen LogP contribution in [-0.4, -0.2) is 110 Å². The van der Waals surface area contributed by atoms with Crippen LogP contribution in [0, 0.1) is 0 Å². The van der Waals surface area contributed by atoms with E-state index in [1.807, 2.05) is 24.0 Å². The molecule has 7 nitrogen and oxygen atoms in total. The predicted octanol–water partition coefficient (Wildman–Crippen LogP) is 2.46. The Morgan fingerprint density at radius 3 is 2.41 bits per heavy atom. The van der Waals surface area contributed by atoms with Gasteiger partial charge in [-0.05, 0) is 31.0 Å². The first-order valence-electron chi connectivity index (χ1n) is 12.6. The van der Waals surface area contributed by atoms with Gasteiger partial charge in [0.1, 0.15) is 6.61 Å². The number of benzene rings is 1. The molecule has 0 bridgehead atoms. The SMILES string of the molecule is CCOc1cc(CN2CC[C@@](O)(CN3CCC(F)(F)CC3)C2)ccc1OCCN1CCOCC1. The van der Waals surface area contributed by atoms with Crippen LogP contribution < -0.4 is 9.47 Å². The molecule has 3 heterocycles. The second kappa shape index (κ2) is 11.5. The topological polar surface area (TPSA) is 57.6 Å². The summed E-state index contributed by atoms with van der Waals surface area (Å²) in [7, 11) is 0. The van der Waals surface area contributed by atoms with Crippen molar-refractivity contribution in [3.05, 3.63) is 23.8 Å². The highest BCUT2D eigenvalue weighted by atomic mass is 19.3. The highest BCUT2D eigenvalue weighted by Gasteiger charge is 2.40. The van der Waals surface area contributed by atoms with E-state index in [0.717, 1.165) is 56.5 Å². The molecule has 1 N–H and O–H groups in total. The van der Waals surface area contributed by atoms with Crippen LogP contribution in [0.1, 0.15) is 31.7 Å². The van der Waals surface area contributed by atoms with Gasteiger partial charge in [0.2, 0.25) is 0 Å². The van der Waals surface area contributed by atoms with Crippen LogP contribution in [0.2, 0.25) is 0 Å². The predicted molar refractivity (Wildman–Crippen MR) is 126 cm³/mol. The van der Waals surface area contributed by atoms with Crippen LogP contribution in [0.15, 0.2) is 18.2 Å². The molecule has 3 fully saturated rings. The molecular weight excluding hydrogens is 444 g/mol. The molecule has 0 saturated carbocycles. The summed E-state index contributed by atoms with van der Waals surface area (Å²) in [4.78, 5) is 6.54. The number of hydrogen-bond acceptors (Lipinski definition) is 7. The van der Waals surface area contributed by atoms with Crippen molar-refractivity contribution in [1.29, 1.82) is 0 Å². The molecule has 0 radical (unpaired) electrons. The fraction of sp³-hybridized carbons (Fsp3) is 0.760. The summed E-state index contributed by atoms with van der Waals surface area (Å²) in [6.07, 6.45) is 0.419. The number of piperidine rings is 1. The number of rotatable bonds is 10. The number of hydrogen-bond donors (Lipinski definition) is 1. The van der Waals surface area contributed by atoms with Crippen molar-refractivity contribution >= 4 is 0 Å². The fourth-order valence-electron chi connectivity index (χ4n) is 5.07. The minimum atomic E-state index is -2.56. The molecular formula is C25H39F2N3O4. The third kappa shape index (κ3) is 7.24. The van der Waals surface area contributed by atoms with Gasteiger partial charge in [0.05, 0.1) is 25.4 Å². The molecule has 0 aromatic heterocycles. The molecule has 0 unspecified atom stereocenters. The van der Waals surface area contributed by atoms with Crippen molar-refractivity contribution in [3.63, 3.8) is 0 Å². The summed E-state index contributed by atoms with van der Waals surface area (Å²) >= 11 is 0. The first-order valence-corrected chi connectivity index (χ1v) is 12.6. The van der Waals surface area contributed by atoms with Crippen molar-refractivity contribution in [2.24, 2.45) is 0 Å². The van der Waals surface area contributed by atoms with Crippen LogP contribution in [0.4, 0.5) is 8.78 Å². The second-order valence-corrected chi connectivity index (χ2v) is 9.83. The number of halogens is 2. The lowest BCUT2D eigenvalue weighted by atomic mass is 10.00. The van der Waals surface area contributed by atoms with Gasteiger partial charge in [-0.25, -0.2) is 8.78 Å². The fourth-order valence-corrected chi connectivity index (χ4v) is 5.07. The Labute approximate surface area is 201 Å². The number of β-amino-alcohol motifs (C(OH)–C–C–N with tert-alkyl or cyclic N) is 1. The van der Waals surface area contributed by atoms with Gasteiger partial charge in [0.15, 0.2) is 11.5 Å². The molecule has 192 valence electrons. The Morgan fingerprint density at radius 2 is 1.68 bits per heavy atom. The average molecular weight is 484 g/mol. The van der Waals surface area contributed by atoms with Gasteiger partial charge in [0, 0.05) is 71.7 Å². The molecule has 0 amide bonds. The van der Waals surface area contributed by atoms with E-state index in [0.29, 0.717) is 52.4 Å². The normalized spacial score (nSPS) is 26.6. The van der Waals surface area contributed by atoms with Crippen LogP contribution in [0.3, 0.4) is 0 Å². The molecule has 3 saturated heterocycles. The molecule has 3 aliphatic rings. The van der Waals surface area contributed by atoms with Gasteiger partial charge in [0.25, 0.3) is 5.92 Å². The summed E-state index contributed by atoms with van der Waals surface area (Å²) in [5.41, 5.74) is 0.253. The number of alkyl halides is 2. The smallest absolute Gasteiger partial charge is 0.250 e. The van der Waals surface area contributed by atoms with E-state index in [1.54, 1.807) is 0 Å². The molecule has 0 aliphatic carbocycles. The van der Waals surface area contributed by atoms with E-state index < -0.39 is 11.5 Å². The van der Waals surface area contributed by atoms with Gasteiger partial charge in [-0.15, -0.1) is 0 Å². The lowest BCUT2D eigenvalue weighted by Gasteiger charge is -2.36. The van der Waals surface area contributed by atoms with E-state index in [2.05, 4.69) is 15.9 Å². The minimum absolute atomic E-state index is 0.117. The second-order valence-electron chi connectivity index (χ2n) is 9.83. The number of morpholine rings is 1. The summed E-state index contributed by atoms with van der Waals surface area (Å²) in [5, 5.41) is 11.1. The number of aliphatic hydroxyl groups is 1. The monoisotopic (exact) mass is 483 g/mol. The number of nitrogens with zero attached hydrogens (tertiary/aromatic N) is 3. The molecule has 1 aromatic carbocycles. The van der Waals surface area contributed by atoms with Crippen molar-refractivity contribution in [3.8, 4) is 11.5 Å². The Kier molecular flexibility index (Phi) is 8.63. The van der Waals surface area contributed by atoms with E-state index in [1.165, 1.54) is 0 Å². The van der Waals surface area contributed by atoms with Crippen molar-refractivity contribution in [2.45, 2.75) is 44.3 Å². The standard InChI is InChI=1S/C25H39F2N3O4/c1-2-33-23-17-21(3-4-22(23)34-16-13-28-11-14-32-15-12-28)18-30-8-5-24(31,20-30)19-29-9-6-25(26,27)7-10-29/h3-4,17,31H,2,5-16,18-20H2,1H3/t24-/m1/s1. The molecule has 4 rings (SSSR count). The largest absolute Gasteiger partial charge is 0.490 e. The minimum Gasteiger partial charge on any atom is -0.490 e. The third-order valence-corrected chi connectivity index (χ3v) is 7.00. The van der Waals surface area contributed by atoms with Gasteiger partial charge in [-0.2, -0.15) is 0 Å². The van der Waals surface area contributed by atoms with E-state index >= 15 is 0 Å². The lowest BCUT2D eigenvalue weighted by molar-refractivity contribution is -0.0724. The lowest BCUT2D eigenvalue weighted by Crippen LogP contribution is -2.49. The summed E-state index contributed by atoms with van der Waals surface area (Å²) in [6.45, 7) is 10.6. The first kappa shape index (κ1) is 25.6. The van der Waals surface area contributed by atoms with E-state index in [4.69, 9.17) is 14.2 Å². The maximum Gasteiger partial charge on any atom is 0.250 e. The molecule has 34 heavy (non-hydrogen) atoms. The molecule has 3 aliphatic heterocycles. The molecule has 1 atom stereocenters.